The molecule has 0 fully saturated rings. The average Bonchev–Trinajstić information content (AvgIpc) is 2.39. The number of nitro benzene ring substituents is 1. The van der Waals surface area contributed by atoms with E-state index >= 15 is 0 Å². The highest BCUT2D eigenvalue weighted by atomic mass is 16.6. The molecule has 0 spiro atoms. The standard InChI is InChI=1S/C14H18N2O4/c1-5-15(11(4)20-14(17)10(2)3)12-6-8-13(9-7-12)16(18)19/h6-9,11H,2,5H2,1,3-4H3. The third-order valence-corrected chi connectivity index (χ3v) is 2.80. The van der Waals surface area contributed by atoms with Gasteiger partial charge in [0.05, 0.1) is 4.92 Å². The van der Waals surface area contributed by atoms with Crippen molar-refractivity contribution in [3.8, 4) is 0 Å². The summed E-state index contributed by atoms with van der Waals surface area (Å²) in [6.45, 7) is 9.36. The Morgan fingerprint density at radius 3 is 2.40 bits per heavy atom. The van der Waals surface area contributed by atoms with Crippen molar-refractivity contribution in [1.29, 1.82) is 0 Å². The predicted octanol–water partition coefficient (Wildman–Crippen LogP) is 2.89. The highest BCUT2D eigenvalue weighted by molar-refractivity contribution is 5.87. The molecule has 6 nitrogen and oxygen atoms in total. The first kappa shape index (κ1) is 15.7. The Hall–Kier alpha value is -2.37. The minimum absolute atomic E-state index is 0.0244. The van der Waals surface area contributed by atoms with Crippen molar-refractivity contribution >= 4 is 17.3 Å². The van der Waals surface area contributed by atoms with Gasteiger partial charge in [0.15, 0.2) is 6.23 Å². The smallest absolute Gasteiger partial charge is 0.335 e. The van der Waals surface area contributed by atoms with E-state index < -0.39 is 17.1 Å². The third kappa shape index (κ3) is 3.81. The molecule has 1 unspecified atom stereocenters. The molecular formula is C14H18N2O4. The summed E-state index contributed by atoms with van der Waals surface area (Å²) in [4.78, 5) is 23.5. The highest BCUT2D eigenvalue weighted by Crippen LogP contribution is 2.21. The summed E-state index contributed by atoms with van der Waals surface area (Å²) < 4.78 is 5.25. The highest BCUT2D eigenvalue weighted by Gasteiger charge is 2.18. The quantitative estimate of drug-likeness (QED) is 0.263. The van der Waals surface area contributed by atoms with Crippen molar-refractivity contribution in [2.75, 3.05) is 11.4 Å². The molecule has 1 rings (SSSR count). The maximum Gasteiger partial charge on any atom is 0.335 e. The Balaban J connectivity index is 2.86. The van der Waals surface area contributed by atoms with E-state index in [0.29, 0.717) is 12.1 Å². The molecule has 0 aliphatic rings. The number of carbonyl (C=O) groups is 1. The number of non-ortho nitro benzene ring substituents is 1. The second-order valence-corrected chi connectivity index (χ2v) is 4.34. The van der Waals surface area contributed by atoms with Crippen molar-refractivity contribution < 1.29 is 14.5 Å². The zero-order valence-electron chi connectivity index (χ0n) is 11.8. The van der Waals surface area contributed by atoms with Gasteiger partial charge in [-0.25, -0.2) is 4.79 Å². The molecule has 0 aliphatic heterocycles. The molecule has 0 saturated carbocycles. The van der Waals surface area contributed by atoms with Crippen LogP contribution < -0.4 is 4.90 Å². The van der Waals surface area contributed by atoms with Crippen molar-refractivity contribution in [1.82, 2.24) is 0 Å². The molecule has 0 amide bonds. The lowest BCUT2D eigenvalue weighted by atomic mass is 10.2. The maximum atomic E-state index is 11.5. The van der Waals surface area contributed by atoms with Crippen LogP contribution in [0.15, 0.2) is 36.4 Å². The summed E-state index contributed by atoms with van der Waals surface area (Å²) in [5.74, 6) is -0.460. The van der Waals surface area contributed by atoms with Gasteiger partial charge in [0.25, 0.3) is 5.69 Å². The minimum atomic E-state index is -0.481. The van der Waals surface area contributed by atoms with Gasteiger partial charge in [0.2, 0.25) is 0 Å². The second kappa shape index (κ2) is 6.70. The van der Waals surface area contributed by atoms with Crippen LogP contribution in [0.25, 0.3) is 0 Å². The summed E-state index contributed by atoms with van der Waals surface area (Å²) in [6, 6.07) is 6.11. The lowest BCUT2D eigenvalue weighted by Crippen LogP contribution is -2.36. The molecule has 1 aromatic rings. The molecule has 0 heterocycles. The summed E-state index contributed by atoms with van der Waals surface area (Å²) >= 11 is 0. The van der Waals surface area contributed by atoms with Crippen molar-refractivity contribution in [2.24, 2.45) is 0 Å². The fourth-order valence-corrected chi connectivity index (χ4v) is 1.73. The fraction of sp³-hybridized carbons (Fsp3) is 0.357. The maximum absolute atomic E-state index is 11.5. The van der Waals surface area contributed by atoms with Gasteiger partial charge in [-0.1, -0.05) is 6.58 Å². The molecule has 0 radical (unpaired) electrons. The molecule has 0 N–H and O–H groups in total. The Morgan fingerprint density at radius 1 is 1.45 bits per heavy atom. The van der Waals surface area contributed by atoms with E-state index in [1.165, 1.54) is 12.1 Å². The van der Waals surface area contributed by atoms with Gasteiger partial charge >= 0.3 is 5.97 Å². The Kier molecular flexibility index (Phi) is 5.25. The lowest BCUT2D eigenvalue weighted by molar-refractivity contribution is -0.384. The van der Waals surface area contributed by atoms with E-state index in [0.717, 1.165) is 5.69 Å². The van der Waals surface area contributed by atoms with Crippen molar-refractivity contribution in [3.63, 3.8) is 0 Å². The van der Waals surface area contributed by atoms with Gasteiger partial charge in [-0.2, -0.15) is 0 Å². The van der Waals surface area contributed by atoms with Crippen molar-refractivity contribution in [2.45, 2.75) is 27.0 Å². The number of hydrogen-bond donors (Lipinski definition) is 0. The monoisotopic (exact) mass is 278 g/mol. The van der Waals surface area contributed by atoms with Crippen LogP contribution >= 0.6 is 0 Å². The summed E-state index contributed by atoms with van der Waals surface area (Å²) in [7, 11) is 0. The lowest BCUT2D eigenvalue weighted by Gasteiger charge is -2.29. The van der Waals surface area contributed by atoms with Crippen LogP contribution in [0.2, 0.25) is 0 Å². The molecule has 0 aromatic heterocycles. The van der Waals surface area contributed by atoms with Gasteiger partial charge in [-0.05, 0) is 32.9 Å². The normalized spacial score (nSPS) is 11.6. The van der Waals surface area contributed by atoms with E-state index in [9.17, 15) is 14.9 Å². The molecule has 108 valence electrons. The predicted molar refractivity (Wildman–Crippen MR) is 76.5 cm³/mol. The van der Waals surface area contributed by atoms with Crippen LogP contribution in [-0.4, -0.2) is 23.7 Å². The molecular weight excluding hydrogens is 260 g/mol. The van der Waals surface area contributed by atoms with Gasteiger partial charge in [-0.3, -0.25) is 10.1 Å². The summed E-state index contributed by atoms with van der Waals surface area (Å²) in [5.41, 5.74) is 1.10. The van der Waals surface area contributed by atoms with E-state index in [1.54, 1.807) is 26.0 Å². The van der Waals surface area contributed by atoms with Crippen LogP contribution in [0, 0.1) is 10.1 Å². The number of anilines is 1. The number of rotatable bonds is 6. The number of carbonyl (C=O) groups excluding carboxylic acids is 1. The first-order valence-corrected chi connectivity index (χ1v) is 6.24. The Bertz CT molecular complexity index is 510. The largest absolute Gasteiger partial charge is 0.439 e. The molecule has 1 aromatic carbocycles. The van der Waals surface area contributed by atoms with Crippen LogP contribution in [0.5, 0.6) is 0 Å². The number of benzene rings is 1. The molecule has 6 heteroatoms. The summed E-state index contributed by atoms with van der Waals surface area (Å²) in [6.07, 6.45) is -0.481. The molecule has 0 aliphatic carbocycles. The van der Waals surface area contributed by atoms with Crippen molar-refractivity contribution in [3.05, 3.63) is 46.5 Å². The number of esters is 1. The van der Waals surface area contributed by atoms with E-state index in [2.05, 4.69) is 6.58 Å². The summed E-state index contributed by atoms with van der Waals surface area (Å²) in [5, 5.41) is 10.6. The van der Waals surface area contributed by atoms with Crippen LogP contribution in [0.3, 0.4) is 0 Å². The SMILES string of the molecule is C=C(C)C(=O)OC(C)N(CC)c1ccc([N+](=O)[O-])cc1. The number of nitrogens with zero attached hydrogens (tertiary/aromatic N) is 2. The van der Waals surface area contributed by atoms with Gasteiger partial charge < -0.3 is 9.64 Å². The number of ether oxygens (including phenoxy) is 1. The van der Waals surface area contributed by atoms with Crippen LogP contribution in [0.1, 0.15) is 20.8 Å². The number of hydrogen-bond acceptors (Lipinski definition) is 5. The molecule has 1 atom stereocenters. The van der Waals surface area contributed by atoms with E-state index in [4.69, 9.17) is 4.74 Å². The molecule has 0 bridgehead atoms. The molecule has 20 heavy (non-hydrogen) atoms. The van der Waals surface area contributed by atoms with Gasteiger partial charge in [0, 0.05) is 29.9 Å². The topological polar surface area (TPSA) is 72.7 Å². The Labute approximate surface area is 117 Å². The first-order valence-electron chi connectivity index (χ1n) is 6.24. The second-order valence-electron chi connectivity index (χ2n) is 4.34. The van der Waals surface area contributed by atoms with E-state index in [-0.39, 0.29) is 5.69 Å². The fourth-order valence-electron chi connectivity index (χ4n) is 1.73. The van der Waals surface area contributed by atoms with Crippen LogP contribution in [-0.2, 0) is 9.53 Å². The Morgan fingerprint density at radius 2 is 2.00 bits per heavy atom. The third-order valence-electron chi connectivity index (χ3n) is 2.80. The first-order chi connectivity index (χ1) is 9.36. The molecule has 0 saturated heterocycles. The number of nitro groups is 1. The zero-order valence-corrected chi connectivity index (χ0v) is 11.8. The van der Waals surface area contributed by atoms with E-state index in [1.807, 2.05) is 11.8 Å². The van der Waals surface area contributed by atoms with Gasteiger partial charge in [-0.15, -0.1) is 0 Å². The van der Waals surface area contributed by atoms with Crippen LogP contribution in [0.4, 0.5) is 11.4 Å². The van der Waals surface area contributed by atoms with Gasteiger partial charge in [0.1, 0.15) is 0 Å². The minimum Gasteiger partial charge on any atom is -0.439 e. The zero-order chi connectivity index (χ0) is 15.3. The average molecular weight is 278 g/mol.